The number of hydrogen-bond acceptors (Lipinski definition) is 5. The maximum absolute atomic E-state index is 9.97. The van der Waals surface area contributed by atoms with Crippen molar-refractivity contribution < 1.29 is 14.4 Å². The van der Waals surface area contributed by atoms with Crippen LogP contribution in [0.15, 0.2) is 22.7 Å². The lowest BCUT2D eigenvalue weighted by Gasteiger charge is -2.22. The van der Waals surface area contributed by atoms with E-state index in [-0.39, 0.29) is 12.1 Å². The molecule has 0 spiro atoms. The van der Waals surface area contributed by atoms with Crippen LogP contribution in [0.4, 0.5) is 0 Å². The third kappa shape index (κ3) is 4.71. The van der Waals surface area contributed by atoms with Gasteiger partial charge in [0.1, 0.15) is 18.5 Å². The number of aliphatic hydroxyl groups excluding tert-OH is 1. The van der Waals surface area contributed by atoms with Crippen molar-refractivity contribution in [3.8, 4) is 5.75 Å². The topological polar surface area (TPSA) is 67.5 Å². The van der Waals surface area contributed by atoms with E-state index in [0.29, 0.717) is 6.54 Å². The van der Waals surface area contributed by atoms with Crippen molar-refractivity contribution in [1.29, 1.82) is 0 Å². The molecule has 1 heterocycles. The number of aliphatic hydroxyl groups is 1. The lowest BCUT2D eigenvalue weighted by Crippen LogP contribution is -2.42. The summed E-state index contributed by atoms with van der Waals surface area (Å²) >= 11 is 0. The van der Waals surface area contributed by atoms with Gasteiger partial charge in [-0.1, -0.05) is 18.5 Å². The van der Waals surface area contributed by atoms with Gasteiger partial charge in [-0.3, -0.25) is 0 Å². The number of hydrogen-bond donors (Lipinski definition) is 2. The highest BCUT2D eigenvalue weighted by Gasteiger charge is 2.13. The molecule has 122 valence electrons. The van der Waals surface area contributed by atoms with Crippen LogP contribution in [0.3, 0.4) is 0 Å². The first-order chi connectivity index (χ1) is 10.4. The molecule has 1 aromatic carbocycles. The Morgan fingerprint density at radius 2 is 2.14 bits per heavy atom. The largest absolute Gasteiger partial charge is 0.491 e. The van der Waals surface area contributed by atoms with Gasteiger partial charge in [-0.25, -0.2) is 0 Å². The van der Waals surface area contributed by atoms with Gasteiger partial charge in [-0.2, -0.15) is 0 Å². The first-order valence-corrected chi connectivity index (χ1v) is 7.83. The number of β-amino-alcohol motifs (C(OH)–C–C–N with tert-alkyl or cyclic N) is 1. The van der Waals surface area contributed by atoms with E-state index in [0.717, 1.165) is 35.3 Å². The van der Waals surface area contributed by atoms with E-state index >= 15 is 0 Å². The van der Waals surface area contributed by atoms with E-state index in [2.05, 4.69) is 38.2 Å². The summed E-state index contributed by atoms with van der Waals surface area (Å²) in [6.45, 7) is 9.06. The average molecular weight is 306 g/mol. The van der Waals surface area contributed by atoms with Gasteiger partial charge in [0.2, 0.25) is 0 Å². The molecule has 22 heavy (non-hydrogen) atoms. The Morgan fingerprint density at radius 3 is 2.82 bits per heavy atom. The van der Waals surface area contributed by atoms with Crippen LogP contribution in [0, 0.1) is 0 Å². The molecule has 0 aliphatic heterocycles. The molecule has 0 bridgehead atoms. The molecule has 5 heteroatoms. The molecule has 1 atom stereocenters. The molecule has 0 aliphatic rings. The van der Waals surface area contributed by atoms with E-state index in [1.807, 2.05) is 18.2 Å². The summed E-state index contributed by atoms with van der Waals surface area (Å²) in [7, 11) is 0. The van der Waals surface area contributed by atoms with E-state index < -0.39 is 6.10 Å². The molecule has 2 N–H and O–H groups in total. The van der Waals surface area contributed by atoms with Crippen molar-refractivity contribution in [2.24, 2.45) is 0 Å². The monoisotopic (exact) mass is 306 g/mol. The lowest BCUT2D eigenvalue weighted by atomic mass is 10.1. The zero-order valence-electron chi connectivity index (χ0n) is 13.8. The Balaban J connectivity index is 1.95. The van der Waals surface area contributed by atoms with Crippen molar-refractivity contribution in [3.05, 3.63) is 23.9 Å². The van der Waals surface area contributed by atoms with Crippen LogP contribution in [0.5, 0.6) is 5.75 Å². The summed E-state index contributed by atoms with van der Waals surface area (Å²) < 4.78 is 11.0. The van der Waals surface area contributed by atoms with Crippen LogP contribution in [0.1, 0.15) is 39.8 Å². The minimum atomic E-state index is -0.549. The quantitative estimate of drug-likeness (QED) is 0.823. The number of rotatable bonds is 7. The van der Waals surface area contributed by atoms with Crippen molar-refractivity contribution in [3.63, 3.8) is 0 Å². The predicted octanol–water partition coefficient (Wildman–Crippen LogP) is 2.91. The van der Waals surface area contributed by atoms with E-state index in [1.54, 1.807) is 0 Å². The van der Waals surface area contributed by atoms with Gasteiger partial charge in [-0.05, 0) is 45.4 Å². The smallest absolute Gasteiger partial charge is 0.167 e. The number of nitrogens with one attached hydrogen (secondary N) is 1. The average Bonchev–Trinajstić information content (AvgIpc) is 2.85. The van der Waals surface area contributed by atoms with Crippen LogP contribution >= 0.6 is 0 Å². The minimum absolute atomic E-state index is 0.0165. The predicted molar refractivity (Wildman–Crippen MR) is 87.3 cm³/mol. The van der Waals surface area contributed by atoms with Gasteiger partial charge < -0.3 is 19.7 Å². The molecular formula is C17H26N2O3. The second-order valence-electron chi connectivity index (χ2n) is 6.63. The molecule has 2 rings (SSSR count). The zero-order valence-corrected chi connectivity index (χ0v) is 13.8. The maximum Gasteiger partial charge on any atom is 0.167 e. The Hall–Kier alpha value is -1.59. The Bertz CT molecular complexity index is 601. The van der Waals surface area contributed by atoms with Gasteiger partial charge in [0.25, 0.3) is 0 Å². The maximum atomic E-state index is 9.97. The standard InChI is InChI=1S/C17H26N2O3/c1-5-6-15-14-9-13(7-8-16(14)22-19-15)21-11-12(20)10-18-17(2,3)4/h7-9,12,18,20H,5-6,10-11H2,1-4H3. The fraction of sp³-hybridized carbons (Fsp3) is 0.588. The van der Waals surface area contributed by atoms with E-state index in [4.69, 9.17) is 9.26 Å². The van der Waals surface area contributed by atoms with Gasteiger partial charge in [0.15, 0.2) is 5.58 Å². The highest BCUT2D eigenvalue weighted by Crippen LogP contribution is 2.24. The fourth-order valence-electron chi connectivity index (χ4n) is 2.15. The molecular weight excluding hydrogens is 280 g/mol. The molecule has 2 aromatic rings. The Morgan fingerprint density at radius 1 is 1.36 bits per heavy atom. The minimum Gasteiger partial charge on any atom is -0.491 e. The molecule has 0 aliphatic carbocycles. The van der Waals surface area contributed by atoms with Gasteiger partial charge in [-0.15, -0.1) is 0 Å². The van der Waals surface area contributed by atoms with E-state index in [9.17, 15) is 5.11 Å². The first kappa shape index (κ1) is 16.8. The number of aryl methyl sites for hydroxylation is 1. The summed E-state index contributed by atoms with van der Waals surface area (Å²) in [5.74, 6) is 0.725. The van der Waals surface area contributed by atoms with Gasteiger partial charge in [0, 0.05) is 17.5 Å². The molecule has 0 saturated carbocycles. The van der Waals surface area contributed by atoms with Gasteiger partial charge >= 0.3 is 0 Å². The highest BCUT2D eigenvalue weighted by atomic mass is 16.5. The van der Waals surface area contributed by atoms with E-state index in [1.165, 1.54) is 0 Å². The van der Waals surface area contributed by atoms with Crippen LogP contribution < -0.4 is 10.1 Å². The number of benzene rings is 1. The number of aromatic nitrogens is 1. The number of ether oxygens (including phenoxy) is 1. The number of nitrogens with zero attached hydrogens (tertiary/aromatic N) is 1. The molecule has 0 fully saturated rings. The number of fused-ring (bicyclic) bond motifs is 1. The highest BCUT2D eigenvalue weighted by molar-refractivity contribution is 5.81. The third-order valence-corrected chi connectivity index (χ3v) is 3.31. The van der Waals surface area contributed by atoms with Crippen molar-refractivity contribution in [2.75, 3.05) is 13.2 Å². The summed E-state index contributed by atoms with van der Waals surface area (Å²) in [5.41, 5.74) is 1.71. The summed E-state index contributed by atoms with van der Waals surface area (Å²) in [4.78, 5) is 0. The second-order valence-corrected chi connectivity index (χ2v) is 6.63. The SMILES string of the molecule is CCCc1noc2ccc(OCC(O)CNC(C)(C)C)cc12. The molecule has 0 amide bonds. The zero-order chi connectivity index (χ0) is 16.2. The second kappa shape index (κ2) is 7.11. The van der Waals surface area contributed by atoms with Crippen LogP contribution in [-0.2, 0) is 6.42 Å². The van der Waals surface area contributed by atoms with Crippen molar-refractivity contribution >= 4 is 11.0 Å². The lowest BCUT2D eigenvalue weighted by molar-refractivity contribution is 0.100. The van der Waals surface area contributed by atoms with Gasteiger partial charge in [0.05, 0.1) is 5.69 Å². The third-order valence-electron chi connectivity index (χ3n) is 3.31. The van der Waals surface area contributed by atoms with Crippen LogP contribution in [-0.4, -0.2) is 35.1 Å². The van der Waals surface area contributed by atoms with Crippen LogP contribution in [0.25, 0.3) is 11.0 Å². The summed E-state index contributed by atoms with van der Waals surface area (Å²) in [6, 6.07) is 5.63. The van der Waals surface area contributed by atoms with Crippen molar-refractivity contribution in [2.45, 2.75) is 52.2 Å². The first-order valence-electron chi connectivity index (χ1n) is 7.83. The Kier molecular flexibility index (Phi) is 5.42. The fourth-order valence-corrected chi connectivity index (χ4v) is 2.15. The normalized spacial score (nSPS) is 13.5. The van der Waals surface area contributed by atoms with Crippen LogP contribution in [0.2, 0.25) is 0 Å². The van der Waals surface area contributed by atoms with Crippen molar-refractivity contribution in [1.82, 2.24) is 10.5 Å². The summed E-state index contributed by atoms with van der Waals surface area (Å²) in [6.07, 6.45) is 1.35. The Labute approximate surface area is 131 Å². The molecule has 0 saturated heterocycles. The molecule has 1 unspecified atom stereocenters. The molecule has 1 aromatic heterocycles. The summed E-state index contributed by atoms with van der Waals surface area (Å²) in [5, 5.41) is 18.3. The molecule has 0 radical (unpaired) electrons. The molecule has 5 nitrogen and oxygen atoms in total.